The van der Waals surface area contributed by atoms with Gasteiger partial charge >= 0.3 is 5.97 Å². The van der Waals surface area contributed by atoms with E-state index in [1.165, 1.54) is 0 Å². The zero-order valence-corrected chi connectivity index (χ0v) is 12.4. The van der Waals surface area contributed by atoms with Crippen LogP contribution in [0.2, 0.25) is 0 Å². The molecule has 0 atom stereocenters. The van der Waals surface area contributed by atoms with Gasteiger partial charge in [-0.3, -0.25) is 4.79 Å². The van der Waals surface area contributed by atoms with Gasteiger partial charge in [-0.05, 0) is 30.5 Å². The molecular weight excluding hydrogens is 254 g/mol. The van der Waals surface area contributed by atoms with Gasteiger partial charge in [0.15, 0.2) is 0 Å². The molecule has 0 aromatic heterocycles. The monoisotopic (exact) mass is 277 g/mol. The third-order valence-corrected chi connectivity index (χ3v) is 2.72. The molecule has 0 unspecified atom stereocenters. The minimum atomic E-state index is -0.387. The molecule has 1 aromatic rings. The van der Waals surface area contributed by atoms with Crippen molar-refractivity contribution in [1.82, 2.24) is 5.32 Å². The Morgan fingerprint density at radius 2 is 1.95 bits per heavy atom. The van der Waals surface area contributed by atoms with E-state index in [9.17, 15) is 9.59 Å². The minimum Gasteiger partial charge on any atom is -0.462 e. The highest BCUT2D eigenvalue weighted by atomic mass is 16.5. The highest BCUT2D eigenvalue weighted by Crippen LogP contribution is 2.08. The Balaban J connectivity index is 2.65. The highest BCUT2D eigenvalue weighted by Gasteiger charge is 2.11. The van der Waals surface area contributed by atoms with Crippen LogP contribution in [0, 0.1) is 5.92 Å². The average molecular weight is 277 g/mol. The molecule has 0 heterocycles. The summed E-state index contributed by atoms with van der Waals surface area (Å²) in [6, 6.07) is 6.62. The van der Waals surface area contributed by atoms with Crippen molar-refractivity contribution >= 4 is 11.9 Å². The maximum atomic E-state index is 11.9. The molecule has 1 rings (SSSR count). The number of ether oxygens (including phenoxy) is 1. The number of nitrogens with one attached hydrogen (secondary N) is 1. The van der Waals surface area contributed by atoms with E-state index < -0.39 is 0 Å². The lowest BCUT2D eigenvalue weighted by atomic mass is 10.1. The number of carbonyl (C=O) groups is 2. The van der Waals surface area contributed by atoms with E-state index in [0.717, 1.165) is 12.8 Å². The second-order valence-corrected chi connectivity index (χ2v) is 5.18. The third kappa shape index (κ3) is 5.43. The maximum Gasteiger partial charge on any atom is 0.338 e. The Hall–Kier alpha value is -1.84. The second kappa shape index (κ2) is 8.35. The molecule has 0 aliphatic carbocycles. The fraction of sp³-hybridized carbons (Fsp3) is 0.500. The lowest BCUT2D eigenvalue weighted by molar-refractivity contribution is 0.0459. The first-order valence-corrected chi connectivity index (χ1v) is 7.10. The van der Waals surface area contributed by atoms with Crippen LogP contribution >= 0.6 is 0 Å². The van der Waals surface area contributed by atoms with Gasteiger partial charge in [-0.1, -0.05) is 33.3 Å². The standard InChI is InChI=1S/C16H23NO3/c1-4-5-9-17-15(18)13-7-6-8-14(10-13)16(19)20-11-12(2)3/h6-8,10,12H,4-5,9,11H2,1-3H3,(H,17,18). The van der Waals surface area contributed by atoms with Crippen molar-refractivity contribution in [3.63, 3.8) is 0 Å². The van der Waals surface area contributed by atoms with Crippen LogP contribution in [-0.2, 0) is 4.74 Å². The Labute approximate surface area is 120 Å². The van der Waals surface area contributed by atoms with Crippen LogP contribution < -0.4 is 5.32 Å². The fourth-order valence-electron chi connectivity index (χ4n) is 1.59. The van der Waals surface area contributed by atoms with Crippen LogP contribution in [0.25, 0.3) is 0 Å². The van der Waals surface area contributed by atoms with Crippen molar-refractivity contribution in [2.75, 3.05) is 13.2 Å². The molecule has 4 nitrogen and oxygen atoms in total. The van der Waals surface area contributed by atoms with E-state index in [1.54, 1.807) is 24.3 Å². The van der Waals surface area contributed by atoms with Crippen molar-refractivity contribution in [2.24, 2.45) is 5.92 Å². The summed E-state index contributed by atoms with van der Waals surface area (Å²) in [5.41, 5.74) is 0.897. The van der Waals surface area contributed by atoms with Crippen LogP contribution in [0.5, 0.6) is 0 Å². The predicted octanol–water partition coefficient (Wildman–Crippen LogP) is 3.03. The largest absolute Gasteiger partial charge is 0.462 e. The SMILES string of the molecule is CCCCNC(=O)c1cccc(C(=O)OCC(C)C)c1. The summed E-state index contributed by atoms with van der Waals surface area (Å²) in [6.45, 7) is 7.05. The van der Waals surface area contributed by atoms with Gasteiger partial charge < -0.3 is 10.1 Å². The average Bonchev–Trinajstić information content (AvgIpc) is 2.45. The molecule has 0 saturated carbocycles. The highest BCUT2D eigenvalue weighted by molar-refractivity contribution is 5.97. The molecule has 1 amide bonds. The zero-order chi connectivity index (χ0) is 15.0. The number of carbonyl (C=O) groups excluding carboxylic acids is 2. The molecule has 0 aliphatic rings. The van der Waals surface area contributed by atoms with Crippen molar-refractivity contribution in [3.05, 3.63) is 35.4 Å². The molecule has 0 bridgehead atoms. The second-order valence-electron chi connectivity index (χ2n) is 5.18. The molecule has 1 N–H and O–H groups in total. The van der Waals surface area contributed by atoms with Crippen LogP contribution in [0.3, 0.4) is 0 Å². The van der Waals surface area contributed by atoms with Crippen LogP contribution in [0.1, 0.15) is 54.3 Å². The number of esters is 1. The van der Waals surface area contributed by atoms with Gasteiger partial charge in [-0.2, -0.15) is 0 Å². The van der Waals surface area contributed by atoms with Crippen LogP contribution in [0.4, 0.5) is 0 Å². The molecular formula is C16H23NO3. The Bertz CT molecular complexity index is 455. The van der Waals surface area contributed by atoms with Gasteiger partial charge in [0.2, 0.25) is 0 Å². The topological polar surface area (TPSA) is 55.4 Å². The molecule has 0 aliphatic heterocycles. The van der Waals surface area contributed by atoms with Crippen molar-refractivity contribution in [2.45, 2.75) is 33.6 Å². The van der Waals surface area contributed by atoms with Crippen molar-refractivity contribution < 1.29 is 14.3 Å². The van der Waals surface area contributed by atoms with Gasteiger partial charge in [0.05, 0.1) is 12.2 Å². The number of hydrogen-bond acceptors (Lipinski definition) is 3. The summed E-state index contributed by atoms with van der Waals surface area (Å²) in [5, 5.41) is 2.83. The Morgan fingerprint density at radius 3 is 2.60 bits per heavy atom. The molecule has 0 radical (unpaired) electrons. The first-order valence-electron chi connectivity index (χ1n) is 7.10. The number of amides is 1. The van der Waals surface area contributed by atoms with Gasteiger partial charge in [0.1, 0.15) is 0 Å². The molecule has 0 saturated heterocycles. The van der Waals surface area contributed by atoms with Crippen molar-refractivity contribution in [1.29, 1.82) is 0 Å². The summed E-state index contributed by atoms with van der Waals surface area (Å²) in [4.78, 5) is 23.7. The number of rotatable bonds is 7. The van der Waals surface area contributed by atoms with E-state index in [4.69, 9.17) is 4.74 Å². The fourth-order valence-corrected chi connectivity index (χ4v) is 1.59. The lowest BCUT2D eigenvalue weighted by Crippen LogP contribution is -2.24. The smallest absolute Gasteiger partial charge is 0.338 e. The normalized spacial score (nSPS) is 10.4. The summed E-state index contributed by atoms with van der Waals surface area (Å²) in [5.74, 6) is -0.252. The quantitative estimate of drug-likeness (QED) is 0.615. The predicted molar refractivity (Wildman–Crippen MR) is 78.8 cm³/mol. The maximum absolute atomic E-state index is 11.9. The molecule has 0 fully saturated rings. The Kier molecular flexibility index (Phi) is 6.77. The van der Waals surface area contributed by atoms with Crippen molar-refractivity contribution in [3.8, 4) is 0 Å². The third-order valence-electron chi connectivity index (χ3n) is 2.72. The van der Waals surface area contributed by atoms with Crippen LogP contribution in [0.15, 0.2) is 24.3 Å². The molecule has 0 spiro atoms. The molecule has 110 valence electrons. The van der Waals surface area contributed by atoms with Gasteiger partial charge in [-0.15, -0.1) is 0 Å². The molecule has 20 heavy (non-hydrogen) atoms. The first kappa shape index (κ1) is 16.2. The summed E-state index contributed by atoms with van der Waals surface area (Å²) >= 11 is 0. The summed E-state index contributed by atoms with van der Waals surface area (Å²) in [6.07, 6.45) is 1.98. The molecule has 4 heteroatoms. The number of unbranched alkanes of at least 4 members (excludes halogenated alkanes) is 1. The van der Waals surface area contributed by atoms with E-state index in [2.05, 4.69) is 12.2 Å². The number of hydrogen-bond donors (Lipinski definition) is 1. The number of benzene rings is 1. The van der Waals surface area contributed by atoms with Gasteiger partial charge in [0.25, 0.3) is 5.91 Å². The van der Waals surface area contributed by atoms with E-state index in [1.807, 2.05) is 13.8 Å². The van der Waals surface area contributed by atoms with E-state index in [0.29, 0.717) is 30.2 Å². The van der Waals surface area contributed by atoms with E-state index >= 15 is 0 Å². The first-order chi connectivity index (χ1) is 9.54. The van der Waals surface area contributed by atoms with Crippen LogP contribution in [-0.4, -0.2) is 25.0 Å². The molecule has 1 aromatic carbocycles. The lowest BCUT2D eigenvalue weighted by Gasteiger charge is -2.08. The van der Waals surface area contributed by atoms with Gasteiger partial charge in [-0.25, -0.2) is 4.79 Å². The van der Waals surface area contributed by atoms with Gasteiger partial charge in [0, 0.05) is 12.1 Å². The van der Waals surface area contributed by atoms with E-state index in [-0.39, 0.29) is 11.9 Å². The summed E-state index contributed by atoms with van der Waals surface area (Å²) < 4.78 is 5.15. The zero-order valence-electron chi connectivity index (χ0n) is 12.4. The summed E-state index contributed by atoms with van der Waals surface area (Å²) in [7, 11) is 0. The Morgan fingerprint density at radius 1 is 1.25 bits per heavy atom. The minimum absolute atomic E-state index is 0.156.